The SMILES string of the molecule is COc1cccc(OCC(=O)Nc2nc(-c3ccc(C)c(C)c3)cs2)c1. The van der Waals surface area contributed by atoms with Gasteiger partial charge in [-0.1, -0.05) is 18.2 Å². The molecule has 3 rings (SSSR count). The number of aromatic nitrogens is 1. The Morgan fingerprint density at radius 3 is 2.69 bits per heavy atom. The van der Waals surface area contributed by atoms with E-state index in [2.05, 4.69) is 36.3 Å². The van der Waals surface area contributed by atoms with Crippen molar-refractivity contribution < 1.29 is 14.3 Å². The number of anilines is 1. The largest absolute Gasteiger partial charge is 0.497 e. The highest BCUT2D eigenvalue weighted by atomic mass is 32.1. The van der Waals surface area contributed by atoms with Gasteiger partial charge in [-0.2, -0.15) is 0 Å². The Kier molecular flexibility index (Phi) is 5.53. The summed E-state index contributed by atoms with van der Waals surface area (Å²) in [5.41, 5.74) is 4.35. The molecule has 1 N–H and O–H groups in total. The molecule has 1 amide bonds. The van der Waals surface area contributed by atoms with Crippen LogP contribution >= 0.6 is 11.3 Å². The van der Waals surface area contributed by atoms with E-state index in [0.717, 1.165) is 11.3 Å². The second-order valence-corrected chi connectivity index (χ2v) is 6.71. The molecule has 0 aliphatic rings. The van der Waals surface area contributed by atoms with Gasteiger partial charge in [0.1, 0.15) is 11.5 Å². The molecule has 1 heterocycles. The van der Waals surface area contributed by atoms with E-state index in [4.69, 9.17) is 9.47 Å². The summed E-state index contributed by atoms with van der Waals surface area (Å²) >= 11 is 1.39. The van der Waals surface area contributed by atoms with Gasteiger partial charge < -0.3 is 9.47 Å². The minimum absolute atomic E-state index is 0.0915. The van der Waals surface area contributed by atoms with Gasteiger partial charge in [0.25, 0.3) is 5.91 Å². The van der Waals surface area contributed by atoms with Gasteiger partial charge in [-0.15, -0.1) is 11.3 Å². The minimum atomic E-state index is -0.256. The number of benzene rings is 2. The fraction of sp³-hybridized carbons (Fsp3) is 0.200. The number of ether oxygens (including phenoxy) is 2. The molecule has 0 saturated heterocycles. The summed E-state index contributed by atoms with van der Waals surface area (Å²) in [6.07, 6.45) is 0. The molecule has 1 aromatic heterocycles. The number of hydrogen-bond acceptors (Lipinski definition) is 5. The topological polar surface area (TPSA) is 60.5 Å². The number of rotatable bonds is 6. The molecule has 0 spiro atoms. The summed E-state index contributed by atoms with van der Waals surface area (Å²) < 4.78 is 10.6. The molecule has 0 saturated carbocycles. The Balaban J connectivity index is 1.59. The third kappa shape index (κ3) is 4.40. The van der Waals surface area contributed by atoms with Crippen LogP contribution < -0.4 is 14.8 Å². The highest BCUT2D eigenvalue weighted by molar-refractivity contribution is 7.14. The van der Waals surface area contributed by atoms with Crippen LogP contribution in [0.25, 0.3) is 11.3 Å². The lowest BCUT2D eigenvalue weighted by molar-refractivity contribution is -0.118. The third-order valence-electron chi connectivity index (χ3n) is 3.96. The van der Waals surface area contributed by atoms with Crippen LogP contribution in [-0.4, -0.2) is 24.6 Å². The molecule has 0 atom stereocenters. The number of carbonyl (C=O) groups is 1. The number of nitrogens with zero attached hydrogens (tertiary/aromatic N) is 1. The first-order valence-corrected chi connectivity index (χ1v) is 9.03. The fourth-order valence-electron chi connectivity index (χ4n) is 2.36. The van der Waals surface area contributed by atoms with Crippen LogP contribution in [0, 0.1) is 13.8 Å². The smallest absolute Gasteiger partial charge is 0.264 e. The average Bonchev–Trinajstić information content (AvgIpc) is 3.11. The quantitative estimate of drug-likeness (QED) is 0.698. The van der Waals surface area contributed by atoms with Crippen LogP contribution in [0.3, 0.4) is 0 Å². The lowest BCUT2D eigenvalue weighted by Crippen LogP contribution is -2.20. The molecule has 0 unspecified atom stereocenters. The van der Waals surface area contributed by atoms with Crippen molar-refractivity contribution in [2.75, 3.05) is 19.0 Å². The molecule has 5 nitrogen and oxygen atoms in total. The zero-order valence-electron chi connectivity index (χ0n) is 14.9. The van der Waals surface area contributed by atoms with Gasteiger partial charge in [0, 0.05) is 17.0 Å². The standard InChI is InChI=1S/C20H20N2O3S/c1-13-7-8-15(9-14(13)2)18-12-26-20(21-18)22-19(23)11-25-17-6-4-5-16(10-17)24-3/h4-10,12H,11H2,1-3H3,(H,21,22,23). The Labute approximate surface area is 156 Å². The van der Waals surface area contributed by atoms with Crippen molar-refractivity contribution in [1.82, 2.24) is 4.98 Å². The number of thiazole rings is 1. The van der Waals surface area contributed by atoms with Crippen LogP contribution in [0.4, 0.5) is 5.13 Å². The predicted octanol–water partition coefficient (Wildman–Crippen LogP) is 4.45. The maximum Gasteiger partial charge on any atom is 0.264 e. The first kappa shape index (κ1) is 17.9. The number of aryl methyl sites for hydroxylation is 2. The number of methoxy groups -OCH3 is 1. The molecule has 3 aromatic rings. The van der Waals surface area contributed by atoms with E-state index in [-0.39, 0.29) is 12.5 Å². The van der Waals surface area contributed by atoms with E-state index in [1.54, 1.807) is 19.2 Å². The maximum atomic E-state index is 12.1. The van der Waals surface area contributed by atoms with Crippen LogP contribution in [-0.2, 0) is 4.79 Å². The Bertz CT molecular complexity index is 921. The highest BCUT2D eigenvalue weighted by Gasteiger charge is 2.09. The predicted molar refractivity (Wildman–Crippen MR) is 104 cm³/mol. The zero-order valence-corrected chi connectivity index (χ0v) is 15.7. The van der Waals surface area contributed by atoms with E-state index >= 15 is 0 Å². The van der Waals surface area contributed by atoms with Crippen molar-refractivity contribution in [3.8, 4) is 22.8 Å². The first-order chi connectivity index (χ1) is 12.5. The van der Waals surface area contributed by atoms with Crippen LogP contribution in [0.1, 0.15) is 11.1 Å². The van der Waals surface area contributed by atoms with E-state index in [1.807, 2.05) is 23.6 Å². The normalized spacial score (nSPS) is 10.4. The van der Waals surface area contributed by atoms with Crippen LogP contribution in [0.2, 0.25) is 0 Å². The summed E-state index contributed by atoms with van der Waals surface area (Å²) in [5.74, 6) is 1.00. The summed E-state index contributed by atoms with van der Waals surface area (Å²) in [4.78, 5) is 16.6. The van der Waals surface area contributed by atoms with Gasteiger partial charge in [-0.25, -0.2) is 4.98 Å². The van der Waals surface area contributed by atoms with Gasteiger partial charge in [0.05, 0.1) is 12.8 Å². The fourth-order valence-corrected chi connectivity index (χ4v) is 3.10. The molecule has 0 aliphatic heterocycles. The van der Waals surface area contributed by atoms with E-state index in [1.165, 1.54) is 22.5 Å². The third-order valence-corrected chi connectivity index (χ3v) is 4.72. The molecule has 0 fully saturated rings. The van der Waals surface area contributed by atoms with Gasteiger partial charge in [-0.3, -0.25) is 10.1 Å². The van der Waals surface area contributed by atoms with Crippen molar-refractivity contribution in [1.29, 1.82) is 0 Å². The second kappa shape index (κ2) is 8.01. The molecule has 0 bridgehead atoms. The summed E-state index contributed by atoms with van der Waals surface area (Å²) in [6.45, 7) is 4.06. The van der Waals surface area contributed by atoms with Crippen LogP contribution in [0.5, 0.6) is 11.5 Å². The molecule has 0 radical (unpaired) electrons. The Morgan fingerprint density at radius 2 is 1.92 bits per heavy atom. The summed E-state index contributed by atoms with van der Waals surface area (Å²) in [7, 11) is 1.58. The number of amides is 1. The van der Waals surface area contributed by atoms with Crippen molar-refractivity contribution in [3.63, 3.8) is 0 Å². The van der Waals surface area contributed by atoms with Gasteiger partial charge >= 0.3 is 0 Å². The van der Waals surface area contributed by atoms with Gasteiger partial charge in [0.15, 0.2) is 11.7 Å². The van der Waals surface area contributed by atoms with Crippen molar-refractivity contribution >= 4 is 22.4 Å². The summed E-state index contributed by atoms with van der Waals surface area (Å²) in [6, 6.07) is 13.3. The van der Waals surface area contributed by atoms with E-state index < -0.39 is 0 Å². The monoisotopic (exact) mass is 368 g/mol. The molecular formula is C20H20N2O3S. The highest BCUT2D eigenvalue weighted by Crippen LogP contribution is 2.26. The Morgan fingerprint density at radius 1 is 1.12 bits per heavy atom. The Hall–Kier alpha value is -2.86. The van der Waals surface area contributed by atoms with Gasteiger partial charge in [0.2, 0.25) is 0 Å². The molecule has 26 heavy (non-hydrogen) atoms. The molecule has 134 valence electrons. The molecule has 2 aromatic carbocycles. The lowest BCUT2D eigenvalue weighted by atomic mass is 10.1. The molecule has 0 aliphatic carbocycles. The van der Waals surface area contributed by atoms with Gasteiger partial charge in [-0.05, 0) is 43.2 Å². The average molecular weight is 368 g/mol. The zero-order chi connectivity index (χ0) is 18.5. The number of carbonyl (C=O) groups excluding carboxylic acids is 1. The maximum absolute atomic E-state index is 12.1. The lowest BCUT2D eigenvalue weighted by Gasteiger charge is -2.07. The van der Waals surface area contributed by atoms with Crippen molar-refractivity contribution in [2.45, 2.75) is 13.8 Å². The molecule has 6 heteroatoms. The summed E-state index contributed by atoms with van der Waals surface area (Å²) in [5, 5.41) is 5.26. The first-order valence-electron chi connectivity index (χ1n) is 8.15. The van der Waals surface area contributed by atoms with E-state index in [0.29, 0.717) is 16.6 Å². The number of nitrogens with one attached hydrogen (secondary N) is 1. The number of hydrogen-bond donors (Lipinski definition) is 1. The minimum Gasteiger partial charge on any atom is -0.497 e. The van der Waals surface area contributed by atoms with E-state index in [9.17, 15) is 4.79 Å². The van der Waals surface area contributed by atoms with Crippen molar-refractivity contribution in [2.24, 2.45) is 0 Å². The van der Waals surface area contributed by atoms with Crippen LogP contribution in [0.15, 0.2) is 47.8 Å². The molecular weight excluding hydrogens is 348 g/mol. The second-order valence-electron chi connectivity index (χ2n) is 5.85. The van der Waals surface area contributed by atoms with Crippen molar-refractivity contribution in [3.05, 3.63) is 59.0 Å².